The van der Waals surface area contributed by atoms with Gasteiger partial charge in [0.15, 0.2) is 0 Å². The lowest BCUT2D eigenvalue weighted by molar-refractivity contribution is 0.0452. The van der Waals surface area contributed by atoms with E-state index in [4.69, 9.17) is 4.74 Å². The van der Waals surface area contributed by atoms with Gasteiger partial charge in [0.05, 0.1) is 12.1 Å². The van der Waals surface area contributed by atoms with Crippen LogP contribution in [0.1, 0.15) is 30.0 Å². The highest BCUT2D eigenvalue weighted by Gasteiger charge is 2.25. The Bertz CT molecular complexity index is 307. The molecule has 2 rings (SSSR count). The van der Waals surface area contributed by atoms with E-state index in [1.54, 1.807) is 7.11 Å². The molecule has 0 aromatic heterocycles. The molecule has 1 aromatic carbocycles. The van der Waals surface area contributed by atoms with E-state index in [0.717, 1.165) is 13.0 Å². The van der Waals surface area contributed by atoms with E-state index in [1.807, 2.05) is 0 Å². The molecule has 0 bridgehead atoms. The summed E-state index contributed by atoms with van der Waals surface area (Å²) in [5.41, 5.74) is 2.65. The first-order valence-corrected chi connectivity index (χ1v) is 5.64. The summed E-state index contributed by atoms with van der Waals surface area (Å²) in [7, 11) is 1.80. The molecule has 82 valence electrons. The molecule has 0 saturated carbocycles. The Morgan fingerprint density at radius 3 is 2.67 bits per heavy atom. The monoisotopic (exact) mass is 205 g/mol. The number of aryl methyl sites for hydroxylation is 1. The van der Waals surface area contributed by atoms with Crippen molar-refractivity contribution in [2.45, 2.75) is 31.9 Å². The Morgan fingerprint density at radius 2 is 2.00 bits per heavy atom. The molecule has 2 atom stereocenters. The third-order valence-corrected chi connectivity index (χ3v) is 3.14. The highest BCUT2D eigenvalue weighted by molar-refractivity contribution is 5.25. The maximum Gasteiger partial charge on any atom is 0.0766 e. The fraction of sp³-hybridized carbons (Fsp3) is 0.538. The number of rotatable bonds is 2. The molecule has 1 aliphatic rings. The predicted octanol–water partition coefficient (Wildman–Crippen LogP) is 2.43. The van der Waals surface area contributed by atoms with Gasteiger partial charge in [0.25, 0.3) is 0 Å². The fourth-order valence-electron chi connectivity index (χ4n) is 2.22. The Labute approximate surface area is 91.6 Å². The molecule has 1 fully saturated rings. The first-order valence-electron chi connectivity index (χ1n) is 5.64. The molecular weight excluding hydrogens is 186 g/mol. The van der Waals surface area contributed by atoms with Crippen LogP contribution in [0.25, 0.3) is 0 Å². The number of benzene rings is 1. The van der Waals surface area contributed by atoms with Crippen LogP contribution < -0.4 is 5.32 Å². The molecule has 0 amide bonds. The zero-order valence-electron chi connectivity index (χ0n) is 9.49. The molecule has 1 aliphatic heterocycles. The van der Waals surface area contributed by atoms with Gasteiger partial charge < -0.3 is 10.1 Å². The van der Waals surface area contributed by atoms with E-state index in [1.165, 1.54) is 17.5 Å². The molecule has 0 spiro atoms. The van der Waals surface area contributed by atoms with Crippen molar-refractivity contribution in [3.05, 3.63) is 35.4 Å². The van der Waals surface area contributed by atoms with Crippen molar-refractivity contribution in [1.29, 1.82) is 0 Å². The second-order valence-electron chi connectivity index (χ2n) is 4.26. The summed E-state index contributed by atoms with van der Waals surface area (Å²) in [6.45, 7) is 3.21. The standard InChI is InChI=1S/C13H19NO/c1-10-5-7-11(8-6-10)13-12(15-2)4-3-9-14-13/h5-8,12-14H,3-4,9H2,1-2H3. The fourth-order valence-corrected chi connectivity index (χ4v) is 2.22. The van der Waals surface area contributed by atoms with E-state index < -0.39 is 0 Å². The molecule has 0 aliphatic carbocycles. The van der Waals surface area contributed by atoms with Gasteiger partial charge in [-0.3, -0.25) is 0 Å². The van der Waals surface area contributed by atoms with E-state index in [0.29, 0.717) is 12.1 Å². The van der Waals surface area contributed by atoms with Crippen molar-refractivity contribution in [3.8, 4) is 0 Å². The second kappa shape index (κ2) is 4.77. The van der Waals surface area contributed by atoms with E-state index in [2.05, 4.69) is 36.5 Å². The molecule has 2 heteroatoms. The molecule has 0 radical (unpaired) electrons. The van der Waals surface area contributed by atoms with Gasteiger partial charge in [-0.25, -0.2) is 0 Å². The van der Waals surface area contributed by atoms with Gasteiger partial charge in [0.2, 0.25) is 0 Å². The summed E-state index contributed by atoms with van der Waals surface area (Å²) in [5.74, 6) is 0. The average Bonchev–Trinajstić information content (AvgIpc) is 2.30. The van der Waals surface area contributed by atoms with E-state index >= 15 is 0 Å². The molecule has 1 saturated heterocycles. The lowest BCUT2D eigenvalue weighted by Crippen LogP contribution is -2.38. The first kappa shape index (κ1) is 10.7. The van der Waals surface area contributed by atoms with Crippen LogP contribution in [0.5, 0.6) is 0 Å². The van der Waals surface area contributed by atoms with Gasteiger partial charge in [0, 0.05) is 7.11 Å². The Kier molecular flexibility index (Phi) is 3.39. The van der Waals surface area contributed by atoms with Gasteiger partial charge in [-0.1, -0.05) is 29.8 Å². The van der Waals surface area contributed by atoms with Crippen LogP contribution in [0.4, 0.5) is 0 Å². The van der Waals surface area contributed by atoms with Crippen LogP contribution in [0.2, 0.25) is 0 Å². The molecular formula is C13H19NO. The van der Waals surface area contributed by atoms with Crippen LogP contribution in [-0.4, -0.2) is 19.8 Å². The van der Waals surface area contributed by atoms with Crippen LogP contribution in [-0.2, 0) is 4.74 Å². The Balaban J connectivity index is 2.16. The summed E-state index contributed by atoms with van der Waals surface area (Å²) < 4.78 is 5.53. The third kappa shape index (κ3) is 2.39. The second-order valence-corrected chi connectivity index (χ2v) is 4.26. The van der Waals surface area contributed by atoms with Crippen molar-refractivity contribution >= 4 is 0 Å². The van der Waals surface area contributed by atoms with Crippen molar-refractivity contribution in [3.63, 3.8) is 0 Å². The van der Waals surface area contributed by atoms with Gasteiger partial charge >= 0.3 is 0 Å². The summed E-state index contributed by atoms with van der Waals surface area (Å²) >= 11 is 0. The zero-order valence-corrected chi connectivity index (χ0v) is 9.49. The maximum atomic E-state index is 5.53. The smallest absolute Gasteiger partial charge is 0.0766 e. The topological polar surface area (TPSA) is 21.3 Å². The van der Waals surface area contributed by atoms with Gasteiger partial charge in [-0.2, -0.15) is 0 Å². The average molecular weight is 205 g/mol. The number of nitrogens with one attached hydrogen (secondary N) is 1. The van der Waals surface area contributed by atoms with Gasteiger partial charge in [-0.05, 0) is 31.9 Å². The third-order valence-electron chi connectivity index (χ3n) is 3.14. The van der Waals surface area contributed by atoms with Crippen LogP contribution in [0, 0.1) is 6.92 Å². The Morgan fingerprint density at radius 1 is 1.27 bits per heavy atom. The normalized spacial score (nSPS) is 26.5. The number of ether oxygens (including phenoxy) is 1. The Hall–Kier alpha value is -0.860. The number of hydrogen-bond acceptors (Lipinski definition) is 2. The minimum absolute atomic E-state index is 0.321. The number of hydrogen-bond donors (Lipinski definition) is 1. The number of methoxy groups -OCH3 is 1. The van der Waals surface area contributed by atoms with E-state index in [-0.39, 0.29) is 0 Å². The summed E-state index contributed by atoms with van der Waals surface area (Å²) in [4.78, 5) is 0. The summed E-state index contributed by atoms with van der Waals surface area (Å²) in [5, 5.41) is 3.53. The number of piperidine rings is 1. The summed E-state index contributed by atoms with van der Waals surface area (Å²) in [6, 6.07) is 9.09. The SMILES string of the molecule is COC1CCCNC1c1ccc(C)cc1. The molecule has 2 unspecified atom stereocenters. The summed E-state index contributed by atoms with van der Waals surface area (Å²) in [6.07, 6.45) is 2.68. The lowest BCUT2D eigenvalue weighted by atomic mass is 9.94. The quantitative estimate of drug-likeness (QED) is 0.800. The molecule has 1 aromatic rings. The lowest BCUT2D eigenvalue weighted by Gasteiger charge is -2.32. The van der Waals surface area contributed by atoms with Crippen molar-refractivity contribution in [2.24, 2.45) is 0 Å². The highest BCUT2D eigenvalue weighted by atomic mass is 16.5. The minimum atomic E-state index is 0.321. The first-order chi connectivity index (χ1) is 7.31. The van der Waals surface area contributed by atoms with Crippen LogP contribution >= 0.6 is 0 Å². The largest absolute Gasteiger partial charge is 0.379 e. The molecule has 1 heterocycles. The molecule has 15 heavy (non-hydrogen) atoms. The van der Waals surface area contributed by atoms with Crippen molar-refractivity contribution < 1.29 is 4.74 Å². The highest BCUT2D eigenvalue weighted by Crippen LogP contribution is 2.25. The zero-order chi connectivity index (χ0) is 10.7. The molecule has 2 nitrogen and oxygen atoms in total. The predicted molar refractivity (Wildman–Crippen MR) is 62.0 cm³/mol. The van der Waals surface area contributed by atoms with Gasteiger partial charge in [-0.15, -0.1) is 0 Å². The van der Waals surface area contributed by atoms with Crippen LogP contribution in [0.3, 0.4) is 0 Å². The van der Waals surface area contributed by atoms with E-state index in [9.17, 15) is 0 Å². The van der Waals surface area contributed by atoms with Crippen molar-refractivity contribution in [1.82, 2.24) is 5.32 Å². The molecule has 1 N–H and O–H groups in total. The van der Waals surface area contributed by atoms with Crippen molar-refractivity contribution in [2.75, 3.05) is 13.7 Å². The maximum absolute atomic E-state index is 5.53. The van der Waals surface area contributed by atoms with Crippen LogP contribution in [0.15, 0.2) is 24.3 Å². The van der Waals surface area contributed by atoms with Gasteiger partial charge in [0.1, 0.15) is 0 Å². The minimum Gasteiger partial charge on any atom is -0.379 e.